The predicted molar refractivity (Wildman–Crippen MR) is 133 cm³/mol. The van der Waals surface area contributed by atoms with Gasteiger partial charge in [-0.05, 0) is 81.7 Å². The first-order chi connectivity index (χ1) is 15.8. The van der Waals surface area contributed by atoms with E-state index in [9.17, 15) is 13.2 Å². The van der Waals surface area contributed by atoms with Crippen molar-refractivity contribution in [1.29, 1.82) is 0 Å². The van der Waals surface area contributed by atoms with Crippen LogP contribution in [-0.2, 0) is 0 Å². The molecule has 0 aliphatic rings. The Kier molecular flexibility index (Phi) is 11.7. The maximum Gasteiger partial charge on any atom is 0.573 e. The molecule has 0 aliphatic carbocycles. The highest BCUT2D eigenvalue weighted by Gasteiger charge is 2.31. The summed E-state index contributed by atoms with van der Waals surface area (Å²) in [6.45, 7) is 14.3. The van der Waals surface area contributed by atoms with Crippen molar-refractivity contribution < 1.29 is 22.3 Å². The largest absolute Gasteiger partial charge is 0.573 e. The summed E-state index contributed by atoms with van der Waals surface area (Å²) < 4.78 is 56.7. The maximum atomic E-state index is 15.6. The fourth-order valence-electron chi connectivity index (χ4n) is 3.35. The zero-order chi connectivity index (χ0) is 26.1. The molecule has 1 aromatic carbocycles. The molecule has 0 radical (unpaired) electrons. The van der Waals surface area contributed by atoms with E-state index in [2.05, 4.69) is 30.8 Å². The molecule has 0 amide bonds. The Balaban J connectivity index is 3.04. The average molecular weight is 485 g/mol. The van der Waals surface area contributed by atoms with E-state index in [4.69, 9.17) is 0 Å². The van der Waals surface area contributed by atoms with Crippen molar-refractivity contribution >= 4 is 5.69 Å². The first kappa shape index (κ1) is 29.6. The minimum Gasteiger partial charge on any atom is -0.406 e. The van der Waals surface area contributed by atoms with E-state index in [-0.39, 0.29) is 5.75 Å². The van der Waals surface area contributed by atoms with Gasteiger partial charge >= 0.3 is 6.36 Å². The lowest BCUT2D eigenvalue weighted by Gasteiger charge is -2.23. The Morgan fingerprint density at radius 1 is 1.06 bits per heavy atom. The molecule has 2 atom stereocenters. The molecule has 0 saturated heterocycles. The standard InChI is InChI=1S/C27H40F4N2O/c1-9-19(4)21(6)12-11-18(3)17-32-26(20(5)10-2)25(28)22(7)33(8)23-13-15-24(16-14-23)34-27(29,30)31/h13-17,19,21,32H,9-12H2,1-8H3/b18-17-,25-22+,26-20-. The summed E-state index contributed by atoms with van der Waals surface area (Å²) in [6.07, 6.45) is 0.969. The molecule has 192 valence electrons. The number of rotatable bonds is 12. The summed E-state index contributed by atoms with van der Waals surface area (Å²) in [6, 6.07) is 5.35. The third-order valence-corrected chi connectivity index (χ3v) is 6.53. The molecule has 3 nitrogen and oxygen atoms in total. The molecule has 0 fully saturated rings. The number of nitrogens with zero attached hydrogens (tertiary/aromatic N) is 1. The van der Waals surface area contributed by atoms with Crippen LogP contribution in [0.2, 0.25) is 0 Å². The van der Waals surface area contributed by atoms with Crippen LogP contribution < -0.4 is 15.0 Å². The van der Waals surface area contributed by atoms with E-state index in [1.54, 1.807) is 18.9 Å². The minimum absolute atomic E-state index is 0.320. The summed E-state index contributed by atoms with van der Waals surface area (Å²) in [7, 11) is 1.67. The van der Waals surface area contributed by atoms with Crippen molar-refractivity contribution in [2.24, 2.45) is 11.8 Å². The summed E-state index contributed by atoms with van der Waals surface area (Å²) in [5, 5.41) is 3.17. The molecular formula is C27H40F4N2O. The van der Waals surface area contributed by atoms with Gasteiger partial charge in [-0.15, -0.1) is 13.2 Å². The summed E-state index contributed by atoms with van der Waals surface area (Å²) in [5.74, 6) is 0.570. The van der Waals surface area contributed by atoms with Crippen molar-refractivity contribution in [1.82, 2.24) is 5.32 Å². The normalized spacial score (nSPS) is 15.8. The number of hydrogen-bond donors (Lipinski definition) is 1. The third-order valence-electron chi connectivity index (χ3n) is 6.53. The molecule has 2 unspecified atom stereocenters. The Labute approximate surface area is 202 Å². The van der Waals surface area contributed by atoms with Crippen molar-refractivity contribution in [2.75, 3.05) is 11.9 Å². The SMILES string of the molecule is CC/C(C)=C(N/C=C(/C)CCC(C)C(C)CC)/C(F)=C(/C)N(C)c1ccc(OC(F)(F)F)cc1. The number of alkyl halides is 3. The van der Waals surface area contributed by atoms with Gasteiger partial charge in [-0.1, -0.05) is 39.7 Å². The molecule has 1 aromatic rings. The van der Waals surface area contributed by atoms with E-state index < -0.39 is 12.2 Å². The van der Waals surface area contributed by atoms with Crippen molar-refractivity contribution in [3.8, 4) is 5.75 Å². The number of nitrogens with one attached hydrogen (secondary N) is 1. The van der Waals surface area contributed by atoms with Crippen LogP contribution >= 0.6 is 0 Å². The second-order valence-electron chi connectivity index (χ2n) is 9.05. The molecule has 0 bridgehead atoms. The number of anilines is 1. The van der Waals surface area contributed by atoms with E-state index in [0.29, 0.717) is 35.3 Å². The van der Waals surface area contributed by atoms with E-state index in [1.807, 2.05) is 27.0 Å². The van der Waals surface area contributed by atoms with Crippen molar-refractivity contribution in [2.45, 2.75) is 80.5 Å². The summed E-state index contributed by atoms with van der Waals surface area (Å²) >= 11 is 0. The number of ether oxygens (including phenoxy) is 1. The third kappa shape index (κ3) is 9.43. The molecular weight excluding hydrogens is 444 g/mol. The lowest BCUT2D eigenvalue weighted by Crippen LogP contribution is -2.19. The van der Waals surface area contributed by atoms with Crippen LogP contribution in [-0.4, -0.2) is 13.4 Å². The molecule has 7 heteroatoms. The second-order valence-corrected chi connectivity index (χ2v) is 9.05. The smallest absolute Gasteiger partial charge is 0.406 e. The van der Waals surface area contributed by atoms with Gasteiger partial charge in [-0.25, -0.2) is 4.39 Å². The Bertz CT molecular complexity index is 870. The molecule has 0 heterocycles. The van der Waals surface area contributed by atoms with Crippen molar-refractivity contribution in [3.63, 3.8) is 0 Å². The van der Waals surface area contributed by atoms with Gasteiger partial charge in [0.15, 0.2) is 5.83 Å². The number of allylic oxidation sites excluding steroid dienone is 4. The molecule has 34 heavy (non-hydrogen) atoms. The molecule has 0 aliphatic heterocycles. The topological polar surface area (TPSA) is 24.5 Å². The monoisotopic (exact) mass is 484 g/mol. The van der Waals surface area contributed by atoms with Crippen LogP contribution in [0, 0.1) is 11.8 Å². The van der Waals surface area contributed by atoms with Crippen LogP contribution in [0.3, 0.4) is 0 Å². The molecule has 1 N–H and O–H groups in total. The molecule has 0 spiro atoms. The molecule has 0 aromatic heterocycles. The lowest BCUT2D eigenvalue weighted by molar-refractivity contribution is -0.274. The molecule has 0 saturated carbocycles. The summed E-state index contributed by atoms with van der Waals surface area (Å²) in [5.41, 5.74) is 3.32. The van der Waals surface area contributed by atoms with Gasteiger partial charge in [0.05, 0.1) is 11.4 Å². The van der Waals surface area contributed by atoms with Crippen LogP contribution in [0.4, 0.5) is 23.2 Å². The fourth-order valence-corrected chi connectivity index (χ4v) is 3.35. The predicted octanol–water partition coefficient (Wildman–Crippen LogP) is 8.86. The maximum absolute atomic E-state index is 15.6. The number of halogens is 4. The van der Waals surface area contributed by atoms with Crippen LogP contribution in [0.5, 0.6) is 5.75 Å². The zero-order valence-electron chi connectivity index (χ0n) is 21.7. The van der Waals surface area contributed by atoms with Gasteiger partial charge in [0, 0.05) is 18.9 Å². The van der Waals surface area contributed by atoms with Gasteiger partial charge in [-0.3, -0.25) is 0 Å². The van der Waals surface area contributed by atoms with E-state index in [1.165, 1.54) is 24.3 Å². The Morgan fingerprint density at radius 3 is 2.15 bits per heavy atom. The number of hydrogen-bond acceptors (Lipinski definition) is 3. The van der Waals surface area contributed by atoms with Crippen LogP contribution in [0.1, 0.15) is 74.1 Å². The summed E-state index contributed by atoms with van der Waals surface area (Å²) in [4.78, 5) is 1.60. The highest BCUT2D eigenvalue weighted by molar-refractivity contribution is 5.54. The minimum atomic E-state index is -4.75. The second kappa shape index (κ2) is 13.4. The highest BCUT2D eigenvalue weighted by Crippen LogP contribution is 2.29. The Hall–Kier alpha value is -2.44. The van der Waals surface area contributed by atoms with Gasteiger partial charge in [0.1, 0.15) is 5.75 Å². The first-order valence-electron chi connectivity index (χ1n) is 11.9. The first-order valence-corrected chi connectivity index (χ1v) is 11.9. The van der Waals surface area contributed by atoms with Crippen LogP contribution in [0.25, 0.3) is 0 Å². The number of benzene rings is 1. The van der Waals surface area contributed by atoms with Gasteiger partial charge in [-0.2, -0.15) is 0 Å². The Morgan fingerprint density at radius 2 is 1.65 bits per heavy atom. The zero-order valence-corrected chi connectivity index (χ0v) is 21.7. The van der Waals surface area contributed by atoms with Gasteiger partial charge < -0.3 is 15.0 Å². The van der Waals surface area contributed by atoms with E-state index >= 15 is 4.39 Å². The molecule has 1 rings (SSSR count). The average Bonchev–Trinajstić information content (AvgIpc) is 2.80. The fraction of sp³-hybridized carbons (Fsp3) is 0.556. The highest BCUT2D eigenvalue weighted by atomic mass is 19.4. The lowest BCUT2D eigenvalue weighted by atomic mass is 9.89. The van der Waals surface area contributed by atoms with Crippen LogP contribution in [0.15, 0.2) is 58.8 Å². The van der Waals surface area contributed by atoms with Gasteiger partial charge in [0.2, 0.25) is 0 Å². The van der Waals surface area contributed by atoms with Gasteiger partial charge in [0.25, 0.3) is 0 Å². The van der Waals surface area contributed by atoms with E-state index in [0.717, 1.165) is 30.4 Å². The quantitative estimate of drug-likeness (QED) is 0.237. The van der Waals surface area contributed by atoms with Crippen molar-refractivity contribution in [3.05, 3.63) is 58.8 Å².